The van der Waals surface area contributed by atoms with Crippen LogP contribution < -0.4 is 0 Å². The van der Waals surface area contributed by atoms with E-state index in [9.17, 15) is 17.4 Å². The largest absolute Gasteiger partial charge is 0.294 e. The maximum atomic E-state index is 12.8. The van der Waals surface area contributed by atoms with Crippen LogP contribution in [0.15, 0.2) is 73.8 Å². The molecule has 0 spiro atoms. The van der Waals surface area contributed by atoms with Gasteiger partial charge in [0.05, 0.1) is 20.8 Å². The highest BCUT2D eigenvalue weighted by atomic mass is 35.5. The van der Waals surface area contributed by atoms with E-state index in [0.29, 0.717) is 14.9 Å². The number of allylic oxidation sites excluding steroid dienone is 1. The van der Waals surface area contributed by atoms with Crippen LogP contribution >= 0.6 is 23.2 Å². The molecule has 2 aromatic carbocycles. The highest BCUT2D eigenvalue weighted by Gasteiger charge is 2.24. The lowest BCUT2D eigenvalue weighted by Gasteiger charge is -2.07. The van der Waals surface area contributed by atoms with Gasteiger partial charge in [-0.25, -0.2) is 17.0 Å². The molecule has 0 aliphatic carbocycles. The number of rotatable bonds is 5. The zero-order valence-corrected chi connectivity index (χ0v) is 17.0. The topological polar surface area (TPSA) is 80.6 Å². The fraction of sp³-hybridized carbons (Fsp3) is 0.118. The minimum Gasteiger partial charge on any atom is -0.294 e. The van der Waals surface area contributed by atoms with Gasteiger partial charge >= 0.3 is 0 Å². The average molecular weight is 432 g/mol. The van der Waals surface area contributed by atoms with E-state index < -0.39 is 30.3 Å². The van der Waals surface area contributed by atoms with Crippen molar-refractivity contribution in [2.75, 3.05) is 6.26 Å². The zero-order valence-electron chi connectivity index (χ0n) is 13.8. The molecule has 2 rings (SSSR count). The number of sulfone groups is 1. The quantitative estimate of drug-likeness (QED) is 0.658. The predicted molar refractivity (Wildman–Crippen MR) is 104 cm³/mol. The van der Waals surface area contributed by atoms with Crippen molar-refractivity contribution in [3.05, 3.63) is 69.7 Å². The molecule has 0 amide bonds. The summed E-state index contributed by atoms with van der Waals surface area (Å²) in [6, 6.07) is 11.5. The summed E-state index contributed by atoms with van der Waals surface area (Å²) in [6.07, 6.45) is 2.20. The lowest BCUT2D eigenvalue weighted by Crippen LogP contribution is -2.11. The Morgan fingerprint density at radius 3 is 1.73 bits per heavy atom. The van der Waals surface area contributed by atoms with Gasteiger partial charge in [-0.05, 0) is 55.5 Å². The van der Waals surface area contributed by atoms with E-state index in [1.165, 1.54) is 42.7 Å². The van der Waals surface area contributed by atoms with E-state index in [0.717, 1.165) is 13.1 Å². The number of ketones is 1. The van der Waals surface area contributed by atoms with Gasteiger partial charge in [0.1, 0.15) is 4.91 Å². The van der Waals surface area contributed by atoms with Gasteiger partial charge in [0.2, 0.25) is 9.84 Å². The summed E-state index contributed by atoms with van der Waals surface area (Å²) >= 11 is 11.6. The Balaban J connectivity index is 2.56. The molecule has 1 unspecified atom stereocenters. The lowest BCUT2D eigenvalue weighted by molar-refractivity contribution is -0.113. The summed E-state index contributed by atoms with van der Waals surface area (Å²) < 4.78 is 42.0. The third-order valence-electron chi connectivity index (χ3n) is 3.38. The minimum absolute atomic E-state index is 0.104. The number of carbonyl (C=O) groups excluding carboxylic acids is 1. The molecule has 2 aromatic rings. The van der Waals surface area contributed by atoms with Gasteiger partial charge in [-0.2, -0.15) is 0 Å². The highest BCUT2D eigenvalue weighted by molar-refractivity contribution is 7.96. The molecule has 9 heteroatoms. The van der Waals surface area contributed by atoms with E-state index >= 15 is 0 Å². The Bertz CT molecular complexity index is 1080. The minimum atomic E-state index is -4.12. The van der Waals surface area contributed by atoms with E-state index in [4.69, 9.17) is 23.2 Å². The van der Waals surface area contributed by atoms with E-state index in [1.807, 2.05) is 0 Å². The molecule has 0 fully saturated rings. The van der Waals surface area contributed by atoms with E-state index in [-0.39, 0.29) is 4.90 Å². The molecule has 5 nitrogen and oxygen atoms in total. The first-order valence-corrected chi connectivity index (χ1v) is 11.4. The summed E-state index contributed by atoms with van der Waals surface area (Å²) in [5.74, 6) is -0.713. The van der Waals surface area contributed by atoms with Crippen molar-refractivity contribution in [1.82, 2.24) is 0 Å². The normalized spacial score (nSPS) is 14.5. The Morgan fingerprint density at radius 1 is 0.885 bits per heavy atom. The summed E-state index contributed by atoms with van der Waals surface area (Å²) in [6.45, 7) is 1.11. The van der Waals surface area contributed by atoms with Crippen LogP contribution in [-0.2, 0) is 24.4 Å². The van der Waals surface area contributed by atoms with Crippen molar-refractivity contribution < 1.29 is 17.4 Å². The molecule has 0 aliphatic heterocycles. The SMILES string of the molecule is CC(=O)/C(=C/N=S(C)(=O)c1ccc(Cl)cc1)S(=O)(=O)c1ccc(Cl)cc1. The Kier molecular flexibility index (Phi) is 6.29. The van der Waals surface area contributed by atoms with Crippen LogP contribution in [0.2, 0.25) is 10.0 Å². The number of nitrogens with zero attached hydrogens (tertiary/aromatic N) is 1. The fourth-order valence-electron chi connectivity index (χ4n) is 1.99. The van der Waals surface area contributed by atoms with Crippen molar-refractivity contribution >= 4 is 48.6 Å². The van der Waals surface area contributed by atoms with Crippen LogP contribution in [0, 0.1) is 0 Å². The first kappa shape index (κ1) is 20.6. The van der Waals surface area contributed by atoms with Gasteiger partial charge in [-0.15, -0.1) is 0 Å². The third-order valence-corrected chi connectivity index (χ3v) is 7.41. The number of halogens is 2. The van der Waals surface area contributed by atoms with E-state index in [2.05, 4.69) is 4.36 Å². The molecule has 0 radical (unpaired) electrons. The van der Waals surface area contributed by atoms with Crippen molar-refractivity contribution in [2.24, 2.45) is 4.36 Å². The lowest BCUT2D eigenvalue weighted by atomic mass is 10.4. The van der Waals surface area contributed by atoms with Crippen LogP contribution in [0.4, 0.5) is 0 Å². The summed E-state index contributed by atoms with van der Waals surface area (Å²) in [4.78, 5) is 11.6. The van der Waals surface area contributed by atoms with Gasteiger partial charge in [-0.3, -0.25) is 4.79 Å². The average Bonchev–Trinajstić information content (AvgIpc) is 2.55. The monoisotopic (exact) mass is 431 g/mol. The second-order valence-corrected chi connectivity index (χ2v) is 10.4. The van der Waals surface area contributed by atoms with Gasteiger partial charge in [-0.1, -0.05) is 23.2 Å². The van der Waals surface area contributed by atoms with Gasteiger partial charge in [0.15, 0.2) is 5.78 Å². The molecule has 0 bridgehead atoms. The van der Waals surface area contributed by atoms with Gasteiger partial charge in [0.25, 0.3) is 0 Å². The maximum absolute atomic E-state index is 12.8. The molecular weight excluding hydrogens is 417 g/mol. The van der Waals surface area contributed by atoms with Crippen molar-refractivity contribution in [3.8, 4) is 0 Å². The van der Waals surface area contributed by atoms with Crippen LogP contribution in [-0.4, -0.2) is 24.7 Å². The molecule has 1 atom stereocenters. The first-order chi connectivity index (χ1) is 12.0. The fourth-order valence-corrected chi connectivity index (χ4v) is 4.69. The molecule has 26 heavy (non-hydrogen) atoms. The van der Waals surface area contributed by atoms with Crippen LogP contribution in [0.25, 0.3) is 0 Å². The summed E-state index contributed by atoms with van der Waals surface area (Å²) in [5.41, 5.74) is 0. The van der Waals surface area contributed by atoms with E-state index in [1.54, 1.807) is 12.1 Å². The number of hydrogen-bond donors (Lipinski definition) is 0. The second-order valence-electron chi connectivity index (χ2n) is 5.37. The molecule has 0 saturated carbocycles. The van der Waals surface area contributed by atoms with Crippen molar-refractivity contribution in [2.45, 2.75) is 16.7 Å². The van der Waals surface area contributed by atoms with Gasteiger partial charge < -0.3 is 0 Å². The number of carbonyl (C=O) groups is 1. The Labute approximate surface area is 162 Å². The molecule has 0 N–H and O–H groups in total. The molecule has 0 aliphatic rings. The number of hydrogen-bond acceptors (Lipinski definition) is 5. The summed E-state index contributed by atoms with van der Waals surface area (Å²) in [5, 5.41) is 0.829. The smallest absolute Gasteiger partial charge is 0.211 e. The third kappa shape index (κ3) is 4.73. The molecular formula is C17H15Cl2NO4S2. The predicted octanol–water partition coefficient (Wildman–Crippen LogP) is 4.35. The Hall–Kier alpha value is -1.67. The van der Waals surface area contributed by atoms with Gasteiger partial charge in [0, 0.05) is 21.2 Å². The molecule has 0 heterocycles. The zero-order chi connectivity index (χ0) is 19.5. The standard InChI is InChI=1S/C17H15Cl2NO4S2/c1-12(21)17(26(23,24)16-9-5-14(19)6-10-16)11-20-25(2,22)15-7-3-13(18)4-8-15/h3-11H,1-2H3/b17-11-. The molecule has 0 saturated heterocycles. The number of Topliss-reactive ketones (excluding diaryl/α,β-unsaturated/α-hetero) is 1. The second kappa shape index (κ2) is 7.92. The Morgan fingerprint density at radius 2 is 1.31 bits per heavy atom. The number of benzene rings is 2. The first-order valence-electron chi connectivity index (χ1n) is 7.22. The maximum Gasteiger partial charge on any atom is 0.211 e. The molecule has 0 aromatic heterocycles. The van der Waals surface area contributed by atoms with Crippen LogP contribution in [0.3, 0.4) is 0 Å². The van der Waals surface area contributed by atoms with Crippen molar-refractivity contribution in [3.63, 3.8) is 0 Å². The highest BCUT2D eigenvalue weighted by Crippen LogP contribution is 2.23. The van der Waals surface area contributed by atoms with Crippen LogP contribution in [0.5, 0.6) is 0 Å². The molecule has 138 valence electrons. The van der Waals surface area contributed by atoms with Crippen molar-refractivity contribution in [1.29, 1.82) is 0 Å². The summed E-state index contributed by atoms with van der Waals surface area (Å²) in [7, 11) is -7.07. The van der Waals surface area contributed by atoms with Crippen LogP contribution in [0.1, 0.15) is 6.92 Å².